The van der Waals surface area contributed by atoms with E-state index in [4.69, 9.17) is 4.74 Å². The number of aliphatic hydroxyl groups is 1. The van der Waals surface area contributed by atoms with Gasteiger partial charge in [-0.15, -0.1) is 0 Å². The summed E-state index contributed by atoms with van der Waals surface area (Å²) >= 11 is 0. The summed E-state index contributed by atoms with van der Waals surface area (Å²) in [5, 5.41) is 17.9. The number of sulfonamides is 1. The van der Waals surface area contributed by atoms with Crippen molar-refractivity contribution in [3.63, 3.8) is 0 Å². The lowest BCUT2D eigenvalue weighted by atomic mass is 9.76. The molecule has 260 valence electrons. The van der Waals surface area contributed by atoms with Gasteiger partial charge in [0, 0.05) is 44.2 Å². The van der Waals surface area contributed by atoms with Crippen LogP contribution in [0, 0.1) is 0 Å². The molecule has 1 amide bonds. The Hall–Kier alpha value is -3.36. The van der Waals surface area contributed by atoms with Crippen LogP contribution < -0.4 is 10.6 Å². The Bertz CT molecular complexity index is 1630. The molecule has 48 heavy (non-hydrogen) atoms. The van der Waals surface area contributed by atoms with Crippen molar-refractivity contribution in [3.8, 4) is 0 Å². The summed E-state index contributed by atoms with van der Waals surface area (Å²) in [6, 6.07) is 14.8. The van der Waals surface area contributed by atoms with Crippen LogP contribution in [0.1, 0.15) is 72.0 Å². The number of hydrogen-bond donors (Lipinski definition) is 3. The van der Waals surface area contributed by atoms with E-state index in [0.717, 1.165) is 30.9 Å². The molecule has 3 N–H and O–H groups in total. The number of hydrogen-bond acceptors (Lipinski definition) is 7. The van der Waals surface area contributed by atoms with Gasteiger partial charge in [0.05, 0.1) is 29.9 Å². The van der Waals surface area contributed by atoms with Gasteiger partial charge in [-0.3, -0.25) is 9.78 Å². The number of benzene rings is 2. The van der Waals surface area contributed by atoms with E-state index >= 15 is 0 Å². The van der Waals surface area contributed by atoms with Crippen molar-refractivity contribution >= 4 is 15.9 Å². The molecule has 1 saturated heterocycles. The molecule has 5 rings (SSSR count). The lowest BCUT2D eigenvalue weighted by Gasteiger charge is -2.40. The van der Waals surface area contributed by atoms with Gasteiger partial charge >= 0.3 is 6.18 Å². The first kappa shape index (κ1) is 35.9. The number of carbonyl (C=O) groups excluding carboxylic acids is 1. The van der Waals surface area contributed by atoms with Gasteiger partial charge in [-0.25, -0.2) is 8.42 Å². The molecular weight excluding hydrogens is 645 g/mol. The second kappa shape index (κ2) is 15.5. The molecule has 2 heterocycles. The van der Waals surface area contributed by atoms with Crippen LogP contribution in [-0.2, 0) is 32.9 Å². The van der Waals surface area contributed by atoms with E-state index in [1.165, 1.54) is 42.0 Å². The van der Waals surface area contributed by atoms with Crippen LogP contribution in [0.3, 0.4) is 0 Å². The van der Waals surface area contributed by atoms with E-state index in [1.54, 1.807) is 6.07 Å². The van der Waals surface area contributed by atoms with Gasteiger partial charge < -0.3 is 20.5 Å². The van der Waals surface area contributed by atoms with Crippen LogP contribution in [0.4, 0.5) is 13.2 Å². The predicted octanol–water partition coefficient (Wildman–Crippen LogP) is 5.05. The fraction of sp³-hybridized carbons (Fsp3) is 0.486. The number of pyridine rings is 1. The first-order chi connectivity index (χ1) is 22.9. The van der Waals surface area contributed by atoms with E-state index < -0.39 is 45.4 Å². The van der Waals surface area contributed by atoms with Crippen LogP contribution in [-0.4, -0.2) is 73.7 Å². The minimum absolute atomic E-state index is 0.00343. The highest BCUT2D eigenvalue weighted by molar-refractivity contribution is 7.89. The number of nitrogens with one attached hydrogen (secondary N) is 2. The average Bonchev–Trinajstić information content (AvgIpc) is 3.57. The van der Waals surface area contributed by atoms with Crippen molar-refractivity contribution in [1.29, 1.82) is 0 Å². The average molecular weight is 689 g/mol. The molecule has 0 spiro atoms. The minimum Gasteiger partial charge on any atom is -0.390 e. The van der Waals surface area contributed by atoms with Crippen molar-refractivity contribution < 1.29 is 36.2 Å². The summed E-state index contributed by atoms with van der Waals surface area (Å²) in [7, 11) is -2.43. The zero-order valence-corrected chi connectivity index (χ0v) is 27.8. The third kappa shape index (κ3) is 8.43. The monoisotopic (exact) mass is 688 g/mol. The fourth-order valence-corrected chi connectivity index (χ4v) is 8.53. The molecule has 3 atom stereocenters. The van der Waals surface area contributed by atoms with E-state index in [0.29, 0.717) is 37.8 Å². The molecule has 0 unspecified atom stereocenters. The number of amides is 1. The summed E-state index contributed by atoms with van der Waals surface area (Å²) in [5.41, 5.74) is -0.115. The molecule has 3 aromatic rings. The summed E-state index contributed by atoms with van der Waals surface area (Å²) in [6.45, 7) is 0.596. The number of methoxy groups -OCH3 is 1. The van der Waals surface area contributed by atoms with Crippen LogP contribution >= 0.6 is 0 Å². The third-order valence-corrected chi connectivity index (χ3v) is 11.4. The Morgan fingerprint density at radius 1 is 1.06 bits per heavy atom. The number of nitrogens with zero attached hydrogens (tertiary/aromatic N) is 2. The van der Waals surface area contributed by atoms with Crippen molar-refractivity contribution in [3.05, 3.63) is 95.3 Å². The van der Waals surface area contributed by atoms with Gasteiger partial charge in [0.15, 0.2) is 0 Å². The van der Waals surface area contributed by atoms with Crippen molar-refractivity contribution in [2.75, 3.05) is 26.8 Å². The predicted molar refractivity (Wildman–Crippen MR) is 175 cm³/mol. The highest BCUT2D eigenvalue weighted by Crippen LogP contribution is 2.39. The molecule has 2 aromatic carbocycles. The maximum atomic E-state index is 13.6. The topological polar surface area (TPSA) is 121 Å². The minimum atomic E-state index is -4.48. The molecular formula is C35H43F3N4O5S. The van der Waals surface area contributed by atoms with E-state index in [2.05, 4.69) is 15.6 Å². The van der Waals surface area contributed by atoms with Crippen molar-refractivity contribution in [2.24, 2.45) is 0 Å². The van der Waals surface area contributed by atoms with Crippen molar-refractivity contribution in [2.45, 2.75) is 86.2 Å². The molecule has 1 aliphatic heterocycles. The molecule has 2 fully saturated rings. The molecule has 2 aliphatic rings. The first-order valence-electron chi connectivity index (χ1n) is 16.3. The van der Waals surface area contributed by atoms with Crippen LogP contribution in [0.25, 0.3) is 0 Å². The number of halogens is 3. The summed E-state index contributed by atoms with van der Waals surface area (Å²) < 4.78 is 74.5. The summed E-state index contributed by atoms with van der Waals surface area (Å²) in [5.74, 6) is -0.611. The van der Waals surface area contributed by atoms with E-state index in [-0.39, 0.29) is 36.1 Å². The second-order valence-electron chi connectivity index (χ2n) is 12.7. The van der Waals surface area contributed by atoms with Gasteiger partial charge in [0.1, 0.15) is 4.90 Å². The van der Waals surface area contributed by atoms with Gasteiger partial charge in [0.25, 0.3) is 5.91 Å². The fourth-order valence-electron chi connectivity index (χ4n) is 6.87. The molecule has 1 aliphatic carbocycles. The largest absolute Gasteiger partial charge is 0.416 e. The number of ether oxygens (including phenoxy) is 1. The Morgan fingerprint density at radius 2 is 1.81 bits per heavy atom. The summed E-state index contributed by atoms with van der Waals surface area (Å²) in [4.78, 5) is 17.6. The standard InChI is InChI=1S/C35H43F3N4O5S/c1-47-24-29-14-9-17-42(29)48(45,46)30-19-26(21-39-22-30)33(44)41-31(18-25-10-4-2-5-11-25)32(43)23-40-34(15-6-3-7-16-34)27-12-8-13-28(20-27)35(36,37)38/h2,4-5,8,10-13,19-22,29,31-32,40,43H,3,6-7,9,14-18,23-24H2,1H3,(H,41,44)/t29-,31+,32-/m1/s1. The maximum Gasteiger partial charge on any atom is 0.416 e. The van der Waals surface area contributed by atoms with E-state index in [9.17, 15) is 31.5 Å². The lowest BCUT2D eigenvalue weighted by Crippen LogP contribution is -2.53. The third-order valence-electron chi connectivity index (χ3n) is 9.44. The molecule has 1 aromatic heterocycles. The van der Waals surface area contributed by atoms with E-state index in [1.807, 2.05) is 30.3 Å². The van der Waals surface area contributed by atoms with Gasteiger partial charge in [0.2, 0.25) is 10.0 Å². The molecule has 0 radical (unpaired) electrons. The number of aromatic nitrogens is 1. The number of rotatable bonds is 13. The summed E-state index contributed by atoms with van der Waals surface area (Å²) in [6.07, 6.45) is 2.30. The Balaban J connectivity index is 1.36. The van der Waals surface area contributed by atoms with Crippen LogP contribution in [0.2, 0.25) is 0 Å². The molecule has 1 saturated carbocycles. The Labute approximate surface area is 280 Å². The quantitative estimate of drug-likeness (QED) is 0.230. The number of alkyl halides is 3. The number of carbonyl (C=O) groups is 1. The molecule has 9 nitrogen and oxygen atoms in total. The second-order valence-corrected chi connectivity index (χ2v) is 14.6. The van der Waals surface area contributed by atoms with Gasteiger partial charge in [-0.1, -0.05) is 61.7 Å². The van der Waals surface area contributed by atoms with Crippen molar-refractivity contribution in [1.82, 2.24) is 19.9 Å². The molecule has 13 heteroatoms. The zero-order chi connectivity index (χ0) is 34.4. The Kier molecular flexibility index (Phi) is 11.6. The maximum absolute atomic E-state index is 13.6. The lowest BCUT2D eigenvalue weighted by molar-refractivity contribution is -0.137. The Morgan fingerprint density at radius 3 is 2.52 bits per heavy atom. The number of aliphatic hydroxyl groups excluding tert-OH is 1. The normalized spacial score (nSPS) is 19.9. The molecule has 0 bridgehead atoms. The van der Waals surface area contributed by atoms with Gasteiger partial charge in [-0.2, -0.15) is 17.5 Å². The van der Waals surface area contributed by atoms with Crippen LogP contribution in [0.15, 0.2) is 78.0 Å². The zero-order valence-electron chi connectivity index (χ0n) is 27.0. The van der Waals surface area contributed by atoms with Gasteiger partial charge in [-0.05, 0) is 61.4 Å². The van der Waals surface area contributed by atoms with Crippen LogP contribution in [0.5, 0.6) is 0 Å². The highest BCUT2D eigenvalue weighted by Gasteiger charge is 2.38. The highest BCUT2D eigenvalue weighted by atomic mass is 32.2. The smallest absolute Gasteiger partial charge is 0.390 e. The first-order valence-corrected chi connectivity index (χ1v) is 17.8. The SMILES string of the molecule is COC[C@H]1CCCN1S(=O)(=O)c1cncc(C(=O)N[C@@H](Cc2ccccc2)[C@H](O)CNC2(c3cccc(C(F)(F)F)c3)CCCCC2)c1.